The van der Waals surface area contributed by atoms with Crippen LogP contribution in [-0.2, 0) is 6.61 Å². The van der Waals surface area contributed by atoms with E-state index in [1.807, 2.05) is 42.5 Å². The van der Waals surface area contributed by atoms with Crippen molar-refractivity contribution in [3.8, 4) is 23.0 Å². The van der Waals surface area contributed by atoms with Crippen LogP contribution in [0.3, 0.4) is 0 Å². The van der Waals surface area contributed by atoms with Crippen LogP contribution in [0.2, 0.25) is 10.0 Å². The zero-order chi connectivity index (χ0) is 24.8. The van der Waals surface area contributed by atoms with E-state index in [0.29, 0.717) is 39.4 Å². The minimum atomic E-state index is 0.0646. The lowest BCUT2D eigenvalue weighted by Gasteiger charge is -2.12. The Labute approximate surface area is 212 Å². The second-order valence-corrected chi connectivity index (χ2v) is 8.24. The van der Waals surface area contributed by atoms with Gasteiger partial charge in [0.15, 0.2) is 23.0 Å². The molecule has 3 aromatic carbocycles. The third-order valence-corrected chi connectivity index (χ3v) is 5.86. The molecule has 0 bridgehead atoms. The Morgan fingerprint density at radius 2 is 1.29 bits per heavy atom. The fourth-order valence-electron chi connectivity index (χ4n) is 3.42. The normalized spacial score (nSPS) is 10.5. The maximum Gasteiger partial charge on any atom is 0.163 e. The molecule has 0 spiro atoms. The molecule has 0 amide bonds. The molecule has 2 aromatic heterocycles. The number of nitrogens with zero attached hydrogens (tertiary/aromatic N) is 2. The standard InChI is InChI=1S/C17H14ClNO2.C10H8ClNO2/c1-20-16-9-13-14(18)7-8-19-15(13)10-17(16)21-11-12-5-3-2-4-6-12;1-14-10-4-6-7(11)2-3-12-8(6)5-9(10)13/h2-10H,11H2,1H3;2-5,13H,1H3. The number of rotatable bonds is 5. The van der Waals surface area contributed by atoms with Gasteiger partial charge in [-0.1, -0.05) is 53.5 Å². The van der Waals surface area contributed by atoms with Gasteiger partial charge in [-0.3, -0.25) is 9.97 Å². The molecule has 5 rings (SSSR count). The van der Waals surface area contributed by atoms with Gasteiger partial charge in [-0.05, 0) is 29.8 Å². The van der Waals surface area contributed by atoms with Crippen LogP contribution < -0.4 is 14.2 Å². The topological polar surface area (TPSA) is 73.7 Å². The van der Waals surface area contributed by atoms with E-state index in [1.54, 1.807) is 37.7 Å². The van der Waals surface area contributed by atoms with Gasteiger partial charge in [-0.25, -0.2) is 0 Å². The predicted molar refractivity (Wildman–Crippen MR) is 139 cm³/mol. The first-order chi connectivity index (χ1) is 17.0. The maximum atomic E-state index is 9.49. The van der Waals surface area contributed by atoms with Crippen molar-refractivity contribution in [2.75, 3.05) is 14.2 Å². The smallest absolute Gasteiger partial charge is 0.163 e. The van der Waals surface area contributed by atoms with Gasteiger partial charge in [0.2, 0.25) is 0 Å². The quantitative estimate of drug-likeness (QED) is 0.273. The Hall–Kier alpha value is -3.74. The molecule has 6 nitrogen and oxygen atoms in total. The van der Waals surface area contributed by atoms with Gasteiger partial charge in [0, 0.05) is 35.3 Å². The van der Waals surface area contributed by atoms with Crippen molar-refractivity contribution < 1.29 is 19.3 Å². The summed E-state index contributed by atoms with van der Waals surface area (Å²) in [4.78, 5) is 8.39. The number of fused-ring (bicyclic) bond motifs is 2. The molecule has 178 valence electrons. The Balaban J connectivity index is 0.000000179. The number of benzene rings is 3. The summed E-state index contributed by atoms with van der Waals surface area (Å²) < 4.78 is 16.2. The minimum absolute atomic E-state index is 0.0646. The van der Waals surface area contributed by atoms with Crippen molar-refractivity contribution in [3.63, 3.8) is 0 Å². The van der Waals surface area contributed by atoms with Gasteiger partial charge in [0.1, 0.15) is 6.61 Å². The largest absolute Gasteiger partial charge is 0.504 e. The third kappa shape index (κ3) is 5.67. The molecule has 0 fully saturated rings. The zero-order valence-corrected chi connectivity index (χ0v) is 20.5. The highest BCUT2D eigenvalue weighted by Crippen LogP contribution is 2.35. The van der Waals surface area contributed by atoms with E-state index >= 15 is 0 Å². The number of hydrogen-bond acceptors (Lipinski definition) is 6. The third-order valence-electron chi connectivity index (χ3n) is 5.20. The predicted octanol–water partition coefficient (Wildman–Crippen LogP) is 7.08. The zero-order valence-electron chi connectivity index (χ0n) is 19.0. The molecule has 0 radical (unpaired) electrons. The second-order valence-electron chi connectivity index (χ2n) is 7.42. The first-order valence-corrected chi connectivity index (χ1v) is 11.4. The van der Waals surface area contributed by atoms with Crippen molar-refractivity contribution in [1.82, 2.24) is 9.97 Å². The molecule has 2 heterocycles. The number of pyridine rings is 2. The Kier molecular flexibility index (Phi) is 7.75. The highest BCUT2D eigenvalue weighted by atomic mass is 35.5. The molecule has 0 saturated heterocycles. The molecular weight excluding hydrogens is 487 g/mol. The van der Waals surface area contributed by atoms with Gasteiger partial charge in [0.25, 0.3) is 0 Å². The van der Waals surface area contributed by atoms with Crippen LogP contribution in [0.4, 0.5) is 0 Å². The van der Waals surface area contributed by atoms with Gasteiger partial charge in [-0.2, -0.15) is 0 Å². The molecule has 0 aliphatic carbocycles. The summed E-state index contributed by atoms with van der Waals surface area (Å²) in [5.74, 6) is 1.76. The van der Waals surface area contributed by atoms with E-state index in [2.05, 4.69) is 9.97 Å². The summed E-state index contributed by atoms with van der Waals surface area (Å²) in [6.45, 7) is 0.475. The van der Waals surface area contributed by atoms with Crippen molar-refractivity contribution in [3.05, 3.63) is 94.7 Å². The molecule has 0 aliphatic rings. The molecule has 1 N–H and O–H groups in total. The lowest BCUT2D eigenvalue weighted by Crippen LogP contribution is -1.98. The van der Waals surface area contributed by atoms with Crippen LogP contribution in [0.15, 0.2) is 79.1 Å². The average molecular weight is 509 g/mol. The van der Waals surface area contributed by atoms with Crippen LogP contribution in [0.25, 0.3) is 21.8 Å². The maximum absolute atomic E-state index is 9.49. The van der Waals surface area contributed by atoms with E-state index < -0.39 is 0 Å². The van der Waals surface area contributed by atoms with Crippen LogP contribution in [-0.4, -0.2) is 29.3 Å². The number of ether oxygens (including phenoxy) is 3. The van der Waals surface area contributed by atoms with Gasteiger partial charge in [0.05, 0.1) is 35.3 Å². The van der Waals surface area contributed by atoms with Crippen molar-refractivity contribution in [2.45, 2.75) is 6.61 Å². The number of phenolic OH excluding ortho intramolecular Hbond substituents is 1. The molecule has 8 heteroatoms. The summed E-state index contributed by atoms with van der Waals surface area (Å²) >= 11 is 12.1. The molecule has 35 heavy (non-hydrogen) atoms. The molecular formula is C27H22Cl2N2O4. The van der Waals surface area contributed by atoms with Crippen molar-refractivity contribution >= 4 is 45.0 Å². The van der Waals surface area contributed by atoms with Crippen LogP contribution >= 0.6 is 23.2 Å². The Morgan fingerprint density at radius 3 is 1.89 bits per heavy atom. The fourth-order valence-corrected chi connectivity index (χ4v) is 3.83. The summed E-state index contributed by atoms with van der Waals surface area (Å²) in [6, 6.07) is 20.3. The minimum Gasteiger partial charge on any atom is -0.504 e. The monoisotopic (exact) mass is 508 g/mol. The van der Waals surface area contributed by atoms with Gasteiger partial charge >= 0.3 is 0 Å². The summed E-state index contributed by atoms with van der Waals surface area (Å²) in [7, 11) is 3.10. The molecule has 5 aromatic rings. The van der Waals surface area contributed by atoms with Crippen LogP contribution in [0, 0.1) is 0 Å². The number of methoxy groups -OCH3 is 2. The number of halogens is 2. The molecule has 0 aliphatic heterocycles. The highest BCUT2D eigenvalue weighted by molar-refractivity contribution is 6.35. The number of hydrogen-bond donors (Lipinski definition) is 1. The lowest BCUT2D eigenvalue weighted by atomic mass is 10.2. The van der Waals surface area contributed by atoms with Crippen LogP contribution in [0.5, 0.6) is 23.0 Å². The summed E-state index contributed by atoms with van der Waals surface area (Å²) in [5.41, 5.74) is 2.53. The van der Waals surface area contributed by atoms with Gasteiger partial charge in [-0.15, -0.1) is 0 Å². The van der Waals surface area contributed by atoms with E-state index in [9.17, 15) is 5.11 Å². The SMILES string of the molecule is COc1cc2c(Cl)ccnc2cc1O.COc1cc2c(Cl)ccnc2cc1OCc1ccccc1. The second kappa shape index (κ2) is 11.1. The first-order valence-electron chi connectivity index (χ1n) is 10.6. The van der Waals surface area contributed by atoms with E-state index in [1.165, 1.54) is 13.2 Å². The summed E-state index contributed by atoms with van der Waals surface area (Å²) in [6.07, 6.45) is 3.27. The Morgan fingerprint density at radius 1 is 0.714 bits per heavy atom. The van der Waals surface area contributed by atoms with E-state index in [-0.39, 0.29) is 5.75 Å². The molecule has 0 atom stereocenters. The number of aromatic hydroxyl groups is 1. The number of aromatic nitrogens is 2. The van der Waals surface area contributed by atoms with Gasteiger partial charge < -0.3 is 19.3 Å². The first kappa shape index (κ1) is 24.4. The Bertz CT molecular complexity index is 1460. The molecule has 0 unspecified atom stereocenters. The van der Waals surface area contributed by atoms with E-state index in [0.717, 1.165) is 21.9 Å². The molecule has 0 saturated carbocycles. The van der Waals surface area contributed by atoms with Crippen molar-refractivity contribution in [2.24, 2.45) is 0 Å². The lowest BCUT2D eigenvalue weighted by molar-refractivity contribution is 0.285. The van der Waals surface area contributed by atoms with Crippen molar-refractivity contribution in [1.29, 1.82) is 0 Å². The average Bonchev–Trinajstić information content (AvgIpc) is 2.88. The highest BCUT2D eigenvalue weighted by Gasteiger charge is 2.10. The van der Waals surface area contributed by atoms with E-state index in [4.69, 9.17) is 37.4 Å². The summed E-state index contributed by atoms with van der Waals surface area (Å²) in [5, 5.41) is 12.3. The number of phenols is 1. The fraction of sp³-hybridized carbons (Fsp3) is 0.111. The van der Waals surface area contributed by atoms with Crippen LogP contribution in [0.1, 0.15) is 5.56 Å².